The number of rotatable bonds is 5. The fourth-order valence-electron chi connectivity index (χ4n) is 2.17. The minimum Gasteiger partial charge on any atom is -0.496 e. The number of ether oxygens (including phenoxy) is 1. The lowest BCUT2D eigenvalue weighted by Gasteiger charge is -2.35. The van der Waals surface area contributed by atoms with Gasteiger partial charge in [0, 0.05) is 25.7 Å². The molecule has 0 radical (unpaired) electrons. The van der Waals surface area contributed by atoms with Crippen LogP contribution in [0.2, 0.25) is 0 Å². The first-order chi connectivity index (χ1) is 8.20. The monoisotopic (exact) mass is 234 g/mol. The third kappa shape index (κ3) is 2.99. The molecular formula is C14H22N2O. The molecule has 2 rings (SSSR count). The van der Waals surface area contributed by atoms with Crippen molar-refractivity contribution in [3.8, 4) is 5.75 Å². The zero-order chi connectivity index (χ0) is 12.3. The molecule has 1 aromatic carbocycles. The Morgan fingerprint density at radius 3 is 2.71 bits per heavy atom. The van der Waals surface area contributed by atoms with Crippen LogP contribution in [0.25, 0.3) is 0 Å². The number of benzene rings is 1. The maximum Gasteiger partial charge on any atom is 0.121 e. The van der Waals surface area contributed by atoms with Crippen LogP contribution < -0.4 is 10.1 Å². The lowest BCUT2D eigenvalue weighted by Crippen LogP contribution is -2.56. The summed E-state index contributed by atoms with van der Waals surface area (Å²) in [4.78, 5) is 2.44. The fourth-order valence-corrected chi connectivity index (χ4v) is 2.17. The van der Waals surface area contributed by atoms with Gasteiger partial charge in [-0.25, -0.2) is 0 Å². The number of hydrogen-bond acceptors (Lipinski definition) is 3. The van der Waals surface area contributed by atoms with Gasteiger partial charge in [-0.05, 0) is 37.6 Å². The van der Waals surface area contributed by atoms with Gasteiger partial charge in [0.2, 0.25) is 0 Å². The molecule has 1 aliphatic rings. The van der Waals surface area contributed by atoms with Crippen LogP contribution in [0.4, 0.5) is 0 Å². The zero-order valence-electron chi connectivity index (χ0n) is 11.0. The molecule has 0 unspecified atom stereocenters. The van der Waals surface area contributed by atoms with Crippen molar-refractivity contribution in [2.75, 3.05) is 33.8 Å². The van der Waals surface area contributed by atoms with Gasteiger partial charge in [0.25, 0.3) is 0 Å². The Balaban J connectivity index is 1.87. The highest BCUT2D eigenvalue weighted by Gasteiger charge is 2.20. The van der Waals surface area contributed by atoms with Crippen molar-refractivity contribution in [3.05, 3.63) is 29.3 Å². The second kappa shape index (κ2) is 5.52. The molecule has 1 aliphatic heterocycles. The molecule has 17 heavy (non-hydrogen) atoms. The Hall–Kier alpha value is -1.06. The molecule has 1 aromatic rings. The van der Waals surface area contributed by atoms with E-state index in [1.54, 1.807) is 7.11 Å². The Morgan fingerprint density at radius 2 is 2.18 bits per heavy atom. The van der Waals surface area contributed by atoms with E-state index in [1.165, 1.54) is 11.1 Å². The second-order valence-electron chi connectivity index (χ2n) is 4.85. The molecule has 0 amide bonds. The number of nitrogens with zero attached hydrogens (tertiary/aromatic N) is 1. The predicted octanol–water partition coefficient (Wildman–Crippen LogP) is 1.45. The highest BCUT2D eigenvalue weighted by molar-refractivity contribution is 5.36. The van der Waals surface area contributed by atoms with Crippen LogP contribution in [0.3, 0.4) is 0 Å². The largest absolute Gasteiger partial charge is 0.496 e. The van der Waals surface area contributed by atoms with Gasteiger partial charge >= 0.3 is 0 Å². The Morgan fingerprint density at radius 1 is 1.41 bits per heavy atom. The smallest absolute Gasteiger partial charge is 0.121 e. The quantitative estimate of drug-likeness (QED) is 0.834. The average molecular weight is 234 g/mol. The maximum absolute atomic E-state index is 5.27. The summed E-state index contributed by atoms with van der Waals surface area (Å²) in [6.45, 7) is 5.50. The third-order valence-electron chi connectivity index (χ3n) is 3.60. The van der Waals surface area contributed by atoms with E-state index in [2.05, 4.69) is 42.4 Å². The third-order valence-corrected chi connectivity index (χ3v) is 3.60. The summed E-state index contributed by atoms with van der Waals surface area (Å²) in [5, 5.41) is 3.31. The first-order valence-corrected chi connectivity index (χ1v) is 6.25. The number of nitrogens with one attached hydrogen (secondary N) is 1. The van der Waals surface area contributed by atoms with Crippen LogP contribution in [0, 0.1) is 6.92 Å². The molecule has 0 atom stereocenters. The molecule has 0 aromatic heterocycles. The summed E-state index contributed by atoms with van der Waals surface area (Å²) >= 11 is 0. The normalized spacial score (nSPS) is 16.0. The molecule has 0 spiro atoms. The van der Waals surface area contributed by atoms with Gasteiger partial charge in [-0.15, -0.1) is 0 Å². The van der Waals surface area contributed by atoms with Crippen molar-refractivity contribution in [3.63, 3.8) is 0 Å². The second-order valence-corrected chi connectivity index (χ2v) is 4.85. The van der Waals surface area contributed by atoms with Crippen molar-refractivity contribution in [2.24, 2.45) is 0 Å². The summed E-state index contributed by atoms with van der Waals surface area (Å²) in [7, 11) is 3.93. The van der Waals surface area contributed by atoms with E-state index in [4.69, 9.17) is 4.74 Å². The molecule has 1 saturated heterocycles. The lowest BCUT2D eigenvalue weighted by atomic mass is 10.1. The minimum absolute atomic E-state index is 0.731. The average Bonchev–Trinajstić information content (AvgIpc) is 2.24. The fraction of sp³-hybridized carbons (Fsp3) is 0.571. The van der Waals surface area contributed by atoms with Crippen molar-refractivity contribution in [1.29, 1.82) is 0 Å². The van der Waals surface area contributed by atoms with E-state index in [0.717, 1.165) is 37.8 Å². The van der Waals surface area contributed by atoms with Gasteiger partial charge in [-0.3, -0.25) is 0 Å². The number of likely N-dealkylation sites (N-methyl/N-ethyl adjacent to an activating group) is 1. The summed E-state index contributed by atoms with van der Waals surface area (Å²) in [6.07, 6.45) is 1.11. The van der Waals surface area contributed by atoms with Crippen LogP contribution in [-0.4, -0.2) is 44.7 Å². The standard InChI is InChI=1S/C14H22N2O/c1-11-8-12(4-5-14(11)17-3)6-7-16(2)13-9-15-10-13/h4-5,8,13,15H,6-7,9-10H2,1-3H3. The van der Waals surface area contributed by atoms with Gasteiger partial charge in [-0.1, -0.05) is 12.1 Å². The van der Waals surface area contributed by atoms with E-state index < -0.39 is 0 Å². The molecule has 1 N–H and O–H groups in total. The highest BCUT2D eigenvalue weighted by Crippen LogP contribution is 2.19. The van der Waals surface area contributed by atoms with Crippen molar-refractivity contribution >= 4 is 0 Å². The molecule has 1 fully saturated rings. The van der Waals surface area contributed by atoms with E-state index >= 15 is 0 Å². The molecule has 1 heterocycles. The van der Waals surface area contributed by atoms with Crippen LogP contribution in [0.15, 0.2) is 18.2 Å². The molecule has 0 saturated carbocycles. The maximum atomic E-state index is 5.27. The molecule has 0 bridgehead atoms. The van der Waals surface area contributed by atoms with E-state index in [1.807, 2.05) is 0 Å². The van der Waals surface area contributed by atoms with Crippen LogP contribution in [0.1, 0.15) is 11.1 Å². The first-order valence-electron chi connectivity index (χ1n) is 6.25. The molecule has 3 heteroatoms. The van der Waals surface area contributed by atoms with Gasteiger partial charge in [-0.2, -0.15) is 0 Å². The summed E-state index contributed by atoms with van der Waals surface area (Å²) in [5.74, 6) is 0.977. The molecule has 0 aliphatic carbocycles. The van der Waals surface area contributed by atoms with Gasteiger partial charge in [0.05, 0.1) is 7.11 Å². The van der Waals surface area contributed by atoms with E-state index in [0.29, 0.717) is 0 Å². The van der Waals surface area contributed by atoms with Crippen LogP contribution in [-0.2, 0) is 6.42 Å². The SMILES string of the molecule is COc1ccc(CCN(C)C2CNC2)cc1C. The first kappa shape index (κ1) is 12.4. The number of methoxy groups -OCH3 is 1. The number of aryl methyl sites for hydroxylation is 1. The van der Waals surface area contributed by atoms with Crippen molar-refractivity contribution < 1.29 is 4.74 Å². The highest BCUT2D eigenvalue weighted by atomic mass is 16.5. The summed E-state index contributed by atoms with van der Waals surface area (Å²) in [6, 6.07) is 7.19. The Labute approximate surface area is 104 Å². The van der Waals surface area contributed by atoms with Gasteiger partial charge in [0.1, 0.15) is 5.75 Å². The summed E-state index contributed by atoms with van der Waals surface area (Å²) < 4.78 is 5.27. The molecule has 3 nitrogen and oxygen atoms in total. The van der Waals surface area contributed by atoms with E-state index in [9.17, 15) is 0 Å². The minimum atomic E-state index is 0.731. The molecule has 94 valence electrons. The zero-order valence-corrected chi connectivity index (χ0v) is 11.0. The van der Waals surface area contributed by atoms with E-state index in [-0.39, 0.29) is 0 Å². The van der Waals surface area contributed by atoms with Gasteiger partial charge in [0.15, 0.2) is 0 Å². The van der Waals surface area contributed by atoms with Crippen LogP contribution >= 0.6 is 0 Å². The number of hydrogen-bond donors (Lipinski definition) is 1. The van der Waals surface area contributed by atoms with Gasteiger partial charge < -0.3 is 15.0 Å². The lowest BCUT2D eigenvalue weighted by molar-refractivity contribution is 0.182. The van der Waals surface area contributed by atoms with Crippen molar-refractivity contribution in [2.45, 2.75) is 19.4 Å². The van der Waals surface area contributed by atoms with Crippen molar-refractivity contribution in [1.82, 2.24) is 10.2 Å². The predicted molar refractivity (Wildman–Crippen MR) is 70.7 cm³/mol. The Bertz CT molecular complexity index is 374. The van der Waals surface area contributed by atoms with Crippen LogP contribution in [0.5, 0.6) is 5.75 Å². The molecular weight excluding hydrogens is 212 g/mol. The topological polar surface area (TPSA) is 24.5 Å². The Kier molecular flexibility index (Phi) is 4.02. The summed E-state index contributed by atoms with van der Waals surface area (Å²) in [5.41, 5.74) is 2.61.